The summed E-state index contributed by atoms with van der Waals surface area (Å²) in [6.07, 6.45) is 4.39. The summed E-state index contributed by atoms with van der Waals surface area (Å²) in [5.41, 5.74) is 2.14. The summed E-state index contributed by atoms with van der Waals surface area (Å²) in [5.74, 6) is 0.958. The first kappa shape index (κ1) is 13.1. The third-order valence-corrected chi connectivity index (χ3v) is 5.49. The van der Waals surface area contributed by atoms with E-state index >= 15 is 0 Å². The van der Waals surface area contributed by atoms with Gasteiger partial charge in [-0.3, -0.25) is 0 Å². The van der Waals surface area contributed by atoms with Crippen LogP contribution in [-0.2, 0) is 6.42 Å². The third-order valence-electron chi connectivity index (χ3n) is 5.49. The zero-order valence-electron chi connectivity index (χ0n) is 12.0. The lowest BCUT2D eigenvalue weighted by atomic mass is 9.65. The van der Waals surface area contributed by atoms with Gasteiger partial charge in [0.1, 0.15) is 0 Å². The van der Waals surface area contributed by atoms with Gasteiger partial charge in [0.05, 0.1) is 11.6 Å². The fourth-order valence-corrected chi connectivity index (χ4v) is 4.04. The van der Waals surface area contributed by atoms with Crippen molar-refractivity contribution in [1.82, 2.24) is 5.32 Å². The van der Waals surface area contributed by atoms with E-state index in [0.29, 0.717) is 11.8 Å². The van der Waals surface area contributed by atoms with Crippen molar-refractivity contribution in [2.75, 3.05) is 6.54 Å². The molecule has 1 aromatic carbocycles. The van der Waals surface area contributed by atoms with Crippen molar-refractivity contribution in [3.05, 3.63) is 35.4 Å². The maximum Gasteiger partial charge on any atom is 0.0869 e. The molecule has 4 atom stereocenters. The van der Waals surface area contributed by atoms with Crippen LogP contribution in [0.25, 0.3) is 0 Å². The number of hydrogen-bond donors (Lipinski definition) is 2. The van der Waals surface area contributed by atoms with Crippen molar-refractivity contribution >= 4 is 0 Å². The van der Waals surface area contributed by atoms with E-state index in [1.165, 1.54) is 17.5 Å². The molecule has 104 valence electrons. The van der Waals surface area contributed by atoms with Gasteiger partial charge < -0.3 is 10.4 Å². The number of aliphatic hydroxyl groups is 1. The predicted molar refractivity (Wildman–Crippen MR) is 78.0 cm³/mol. The van der Waals surface area contributed by atoms with Crippen LogP contribution in [0.2, 0.25) is 0 Å². The van der Waals surface area contributed by atoms with Crippen LogP contribution in [-0.4, -0.2) is 17.3 Å². The standard InChI is InChI=1S/C17H25NO/c1-12-6-5-10-17(19,13(12)2)16-15-8-4-3-7-14(15)9-11-18-16/h3-4,7-8,12-13,16,18-19H,5-6,9-11H2,1-2H3. The van der Waals surface area contributed by atoms with Gasteiger partial charge >= 0.3 is 0 Å². The summed E-state index contributed by atoms with van der Waals surface area (Å²) in [7, 11) is 0. The Morgan fingerprint density at radius 1 is 1.26 bits per heavy atom. The Balaban J connectivity index is 1.98. The van der Waals surface area contributed by atoms with Crippen LogP contribution in [0.1, 0.15) is 50.3 Å². The molecule has 2 aliphatic rings. The van der Waals surface area contributed by atoms with E-state index in [1.54, 1.807) is 0 Å². The zero-order chi connectivity index (χ0) is 13.5. The molecule has 0 spiro atoms. The van der Waals surface area contributed by atoms with E-state index < -0.39 is 5.60 Å². The fourth-order valence-electron chi connectivity index (χ4n) is 4.04. The molecule has 1 heterocycles. The fraction of sp³-hybridized carbons (Fsp3) is 0.647. The Hall–Kier alpha value is -0.860. The quantitative estimate of drug-likeness (QED) is 0.812. The molecule has 4 unspecified atom stereocenters. The summed E-state index contributed by atoms with van der Waals surface area (Å²) in [4.78, 5) is 0. The Kier molecular flexibility index (Phi) is 3.40. The molecule has 2 N–H and O–H groups in total. The van der Waals surface area contributed by atoms with Gasteiger partial charge in [-0.1, -0.05) is 51.0 Å². The van der Waals surface area contributed by atoms with Gasteiger partial charge in [0.25, 0.3) is 0 Å². The van der Waals surface area contributed by atoms with Crippen molar-refractivity contribution in [2.45, 2.75) is 51.2 Å². The highest BCUT2D eigenvalue weighted by atomic mass is 16.3. The average Bonchev–Trinajstić information content (AvgIpc) is 2.44. The van der Waals surface area contributed by atoms with Gasteiger partial charge in [0.15, 0.2) is 0 Å². The second-order valence-electron chi connectivity index (χ2n) is 6.49. The van der Waals surface area contributed by atoms with E-state index in [0.717, 1.165) is 25.8 Å². The van der Waals surface area contributed by atoms with Crippen LogP contribution >= 0.6 is 0 Å². The Morgan fingerprint density at radius 2 is 2.05 bits per heavy atom. The van der Waals surface area contributed by atoms with Crippen LogP contribution in [0, 0.1) is 11.8 Å². The molecule has 19 heavy (non-hydrogen) atoms. The van der Waals surface area contributed by atoms with E-state index in [4.69, 9.17) is 0 Å². The Bertz CT molecular complexity index is 458. The lowest BCUT2D eigenvalue weighted by Gasteiger charge is -2.48. The third kappa shape index (κ3) is 2.11. The second-order valence-corrected chi connectivity index (χ2v) is 6.49. The molecule has 1 aliphatic carbocycles. The molecular weight excluding hydrogens is 234 g/mol. The van der Waals surface area contributed by atoms with Gasteiger partial charge in [0.2, 0.25) is 0 Å². The van der Waals surface area contributed by atoms with Gasteiger partial charge in [-0.25, -0.2) is 0 Å². The number of nitrogens with one attached hydrogen (secondary N) is 1. The summed E-state index contributed by atoms with van der Waals surface area (Å²) in [5, 5.41) is 14.9. The number of rotatable bonds is 1. The minimum absolute atomic E-state index is 0.107. The molecule has 1 saturated carbocycles. The lowest BCUT2D eigenvalue weighted by Crippen LogP contribution is -2.54. The summed E-state index contributed by atoms with van der Waals surface area (Å²) in [6.45, 7) is 5.48. The number of hydrogen-bond acceptors (Lipinski definition) is 2. The van der Waals surface area contributed by atoms with Crippen molar-refractivity contribution in [3.63, 3.8) is 0 Å². The highest BCUT2D eigenvalue weighted by Gasteiger charge is 2.47. The molecule has 2 heteroatoms. The van der Waals surface area contributed by atoms with Crippen molar-refractivity contribution in [1.29, 1.82) is 0 Å². The highest BCUT2D eigenvalue weighted by molar-refractivity contribution is 5.34. The molecule has 1 fully saturated rings. The van der Waals surface area contributed by atoms with Gasteiger partial charge in [-0.05, 0) is 42.3 Å². The molecule has 0 aromatic heterocycles. The molecular formula is C17H25NO. The number of benzene rings is 1. The first-order valence-electron chi connectivity index (χ1n) is 7.66. The average molecular weight is 259 g/mol. The minimum atomic E-state index is -0.589. The number of fused-ring (bicyclic) bond motifs is 1. The zero-order valence-corrected chi connectivity index (χ0v) is 12.0. The highest BCUT2D eigenvalue weighted by Crippen LogP contribution is 2.46. The van der Waals surface area contributed by atoms with E-state index in [-0.39, 0.29) is 6.04 Å². The van der Waals surface area contributed by atoms with E-state index in [2.05, 4.69) is 43.4 Å². The SMILES string of the molecule is CC1CCCC(O)(C2NCCc3ccccc32)C1C. The van der Waals surface area contributed by atoms with Crippen LogP contribution in [0.4, 0.5) is 0 Å². The van der Waals surface area contributed by atoms with Crippen LogP contribution in [0.15, 0.2) is 24.3 Å². The van der Waals surface area contributed by atoms with E-state index in [1.807, 2.05) is 0 Å². The maximum atomic E-state index is 11.3. The summed E-state index contributed by atoms with van der Waals surface area (Å²) in [6, 6.07) is 8.71. The largest absolute Gasteiger partial charge is 0.388 e. The smallest absolute Gasteiger partial charge is 0.0869 e. The van der Waals surface area contributed by atoms with Crippen molar-refractivity contribution < 1.29 is 5.11 Å². The molecule has 0 amide bonds. The molecule has 0 bridgehead atoms. The van der Waals surface area contributed by atoms with Crippen molar-refractivity contribution in [2.24, 2.45) is 11.8 Å². The molecule has 0 radical (unpaired) electrons. The van der Waals surface area contributed by atoms with Crippen LogP contribution < -0.4 is 5.32 Å². The lowest BCUT2D eigenvalue weighted by molar-refractivity contribution is -0.0926. The van der Waals surface area contributed by atoms with Crippen LogP contribution in [0.5, 0.6) is 0 Å². The normalized spacial score (nSPS) is 38.8. The molecule has 3 rings (SSSR count). The topological polar surface area (TPSA) is 32.3 Å². The first-order valence-corrected chi connectivity index (χ1v) is 7.66. The summed E-state index contributed by atoms with van der Waals surface area (Å²) >= 11 is 0. The van der Waals surface area contributed by atoms with Gasteiger partial charge in [-0.2, -0.15) is 0 Å². The Morgan fingerprint density at radius 3 is 2.89 bits per heavy atom. The second kappa shape index (κ2) is 4.92. The Labute approximate surface area is 116 Å². The van der Waals surface area contributed by atoms with Gasteiger partial charge in [-0.15, -0.1) is 0 Å². The van der Waals surface area contributed by atoms with E-state index in [9.17, 15) is 5.11 Å². The minimum Gasteiger partial charge on any atom is -0.388 e. The van der Waals surface area contributed by atoms with Crippen molar-refractivity contribution in [3.8, 4) is 0 Å². The molecule has 1 aromatic rings. The molecule has 2 nitrogen and oxygen atoms in total. The predicted octanol–water partition coefficient (Wildman–Crippen LogP) is 3.06. The maximum absolute atomic E-state index is 11.3. The summed E-state index contributed by atoms with van der Waals surface area (Å²) < 4.78 is 0. The van der Waals surface area contributed by atoms with Gasteiger partial charge in [0, 0.05) is 0 Å². The first-order chi connectivity index (χ1) is 9.13. The van der Waals surface area contributed by atoms with Crippen LogP contribution in [0.3, 0.4) is 0 Å². The molecule has 0 saturated heterocycles. The molecule has 1 aliphatic heterocycles. The monoisotopic (exact) mass is 259 g/mol.